The Morgan fingerprint density at radius 1 is 1.19 bits per heavy atom. The van der Waals surface area contributed by atoms with E-state index in [0.717, 1.165) is 41.3 Å². The highest BCUT2D eigenvalue weighted by atomic mass is 79.9. The molecular formula is C16H26BrNO3. The van der Waals surface area contributed by atoms with Crippen LogP contribution in [-0.2, 0) is 11.3 Å². The van der Waals surface area contributed by atoms with Gasteiger partial charge in [0.15, 0.2) is 11.5 Å². The lowest BCUT2D eigenvalue weighted by atomic mass is 10.0. The summed E-state index contributed by atoms with van der Waals surface area (Å²) in [5, 5.41) is 3.54. The molecule has 0 spiro atoms. The van der Waals surface area contributed by atoms with E-state index in [2.05, 4.69) is 35.1 Å². The molecule has 0 aromatic heterocycles. The second-order valence-electron chi connectivity index (χ2n) is 5.20. The Labute approximate surface area is 136 Å². The first-order chi connectivity index (χ1) is 10.0. The third-order valence-corrected chi connectivity index (χ3v) is 3.96. The third-order valence-electron chi connectivity index (χ3n) is 3.37. The molecule has 0 amide bonds. The molecule has 1 aromatic rings. The topological polar surface area (TPSA) is 39.7 Å². The maximum Gasteiger partial charge on any atom is 0.174 e. The molecule has 0 radical (unpaired) electrons. The van der Waals surface area contributed by atoms with E-state index in [4.69, 9.17) is 14.2 Å². The first-order valence-corrected chi connectivity index (χ1v) is 8.04. The number of nitrogens with one attached hydrogen (secondary N) is 1. The van der Waals surface area contributed by atoms with Crippen LogP contribution in [0.1, 0.15) is 26.3 Å². The molecule has 0 saturated carbocycles. The largest absolute Gasteiger partial charge is 0.493 e. The van der Waals surface area contributed by atoms with Gasteiger partial charge in [0.1, 0.15) is 0 Å². The van der Waals surface area contributed by atoms with E-state index in [0.29, 0.717) is 12.0 Å². The molecule has 1 unspecified atom stereocenters. The number of ether oxygens (including phenoxy) is 3. The third kappa shape index (κ3) is 5.49. The van der Waals surface area contributed by atoms with E-state index in [1.807, 2.05) is 19.1 Å². The fraction of sp³-hybridized carbons (Fsp3) is 0.625. The summed E-state index contributed by atoms with van der Waals surface area (Å²) in [6.07, 6.45) is 0. The highest BCUT2D eigenvalue weighted by Crippen LogP contribution is 2.36. The van der Waals surface area contributed by atoms with Gasteiger partial charge in [-0.05, 0) is 46.5 Å². The maximum atomic E-state index is 5.53. The molecular weight excluding hydrogens is 334 g/mol. The number of hydrogen-bond acceptors (Lipinski definition) is 4. The highest BCUT2D eigenvalue weighted by Gasteiger charge is 2.15. The Morgan fingerprint density at radius 3 is 2.43 bits per heavy atom. The lowest BCUT2D eigenvalue weighted by Crippen LogP contribution is -2.37. The van der Waals surface area contributed by atoms with Gasteiger partial charge in [-0.25, -0.2) is 0 Å². The van der Waals surface area contributed by atoms with Crippen LogP contribution in [0.25, 0.3) is 0 Å². The van der Waals surface area contributed by atoms with Crippen molar-refractivity contribution in [2.45, 2.75) is 33.4 Å². The molecule has 1 atom stereocenters. The van der Waals surface area contributed by atoms with Crippen LogP contribution in [0, 0.1) is 5.92 Å². The van der Waals surface area contributed by atoms with Crippen molar-refractivity contribution in [3.05, 3.63) is 22.2 Å². The fourth-order valence-corrected chi connectivity index (χ4v) is 2.71. The van der Waals surface area contributed by atoms with E-state index >= 15 is 0 Å². The molecule has 0 bridgehead atoms. The Hall–Kier alpha value is -0.780. The molecule has 21 heavy (non-hydrogen) atoms. The molecule has 1 N–H and O–H groups in total. The van der Waals surface area contributed by atoms with Gasteiger partial charge in [-0.15, -0.1) is 0 Å². The fourth-order valence-electron chi connectivity index (χ4n) is 2.05. The number of halogens is 1. The Kier molecular flexibility index (Phi) is 8.07. The van der Waals surface area contributed by atoms with E-state index < -0.39 is 0 Å². The number of benzene rings is 1. The van der Waals surface area contributed by atoms with Crippen LogP contribution in [0.15, 0.2) is 16.6 Å². The quantitative estimate of drug-likeness (QED) is 0.730. The SMILES string of the molecule is CCOCC(NCc1cc(Br)c(OC)c(OC)c1)C(C)C. The normalized spacial score (nSPS) is 12.5. The van der Waals surface area contributed by atoms with Crippen molar-refractivity contribution in [2.24, 2.45) is 5.92 Å². The van der Waals surface area contributed by atoms with Gasteiger partial charge in [0, 0.05) is 19.2 Å². The van der Waals surface area contributed by atoms with Crippen LogP contribution in [0.4, 0.5) is 0 Å². The van der Waals surface area contributed by atoms with Gasteiger partial charge >= 0.3 is 0 Å². The van der Waals surface area contributed by atoms with Gasteiger partial charge in [0.25, 0.3) is 0 Å². The summed E-state index contributed by atoms with van der Waals surface area (Å²) < 4.78 is 17.1. The summed E-state index contributed by atoms with van der Waals surface area (Å²) >= 11 is 3.52. The first-order valence-electron chi connectivity index (χ1n) is 7.24. The molecule has 120 valence electrons. The van der Waals surface area contributed by atoms with Crippen molar-refractivity contribution in [1.82, 2.24) is 5.32 Å². The van der Waals surface area contributed by atoms with Gasteiger partial charge in [-0.2, -0.15) is 0 Å². The van der Waals surface area contributed by atoms with E-state index in [-0.39, 0.29) is 0 Å². The van der Waals surface area contributed by atoms with Crippen LogP contribution in [0.5, 0.6) is 11.5 Å². The Bertz CT molecular complexity index is 438. The van der Waals surface area contributed by atoms with Crippen molar-refractivity contribution in [2.75, 3.05) is 27.4 Å². The van der Waals surface area contributed by atoms with Crippen molar-refractivity contribution in [1.29, 1.82) is 0 Å². The summed E-state index contributed by atoms with van der Waals surface area (Å²) in [4.78, 5) is 0. The summed E-state index contributed by atoms with van der Waals surface area (Å²) in [5.41, 5.74) is 1.14. The van der Waals surface area contributed by atoms with Crippen molar-refractivity contribution < 1.29 is 14.2 Å². The summed E-state index contributed by atoms with van der Waals surface area (Å²) in [6.45, 7) is 8.63. The van der Waals surface area contributed by atoms with Crippen LogP contribution in [0.2, 0.25) is 0 Å². The monoisotopic (exact) mass is 359 g/mol. The van der Waals surface area contributed by atoms with Gasteiger partial charge in [0.05, 0.1) is 25.3 Å². The minimum absolute atomic E-state index is 0.330. The maximum absolute atomic E-state index is 5.53. The molecule has 0 saturated heterocycles. The zero-order chi connectivity index (χ0) is 15.8. The summed E-state index contributed by atoms with van der Waals surface area (Å²) in [6, 6.07) is 4.37. The minimum Gasteiger partial charge on any atom is -0.493 e. The van der Waals surface area contributed by atoms with Crippen LogP contribution in [-0.4, -0.2) is 33.5 Å². The molecule has 1 rings (SSSR count). The first kappa shape index (κ1) is 18.3. The highest BCUT2D eigenvalue weighted by molar-refractivity contribution is 9.10. The molecule has 4 nitrogen and oxygen atoms in total. The zero-order valence-electron chi connectivity index (χ0n) is 13.5. The number of rotatable bonds is 9. The van der Waals surface area contributed by atoms with Crippen LogP contribution in [0.3, 0.4) is 0 Å². The van der Waals surface area contributed by atoms with Gasteiger partial charge < -0.3 is 19.5 Å². The Morgan fingerprint density at radius 2 is 1.90 bits per heavy atom. The van der Waals surface area contributed by atoms with E-state index in [9.17, 15) is 0 Å². The molecule has 1 aromatic carbocycles. The zero-order valence-corrected chi connectivity index (χ0v) is 15.1. The van der Waals surface area contributed by atoms with E-state index in [1.54, 1.807) is 14.2 Å². The van der Waals surface area contributed by atoms with E-state index in [1.165, 1.54) is 0 Å². The van der Waals surface area contributed by atoms with Crippen molar-refractivity contribution in [3.8, 4) is 11.5 Å². The molecule has 0 heterocycles. The van der Waals surface area contributed by atoms with Crippen molar-refractivity contribution in [3.63, 3.8) is 0 Å². The van der Waals surface area contributed by atoms with Crippen LogP contribution >= 0.6 is 15.9 Å². The standard InChI is InChI=1S/C16H26BrNO3/c1-6-21-10-14(11(2)3)18-9-12-7-13(17)16(20-5)15(8-12)19-4/h7-8,11,14,18H,6,9-10H2,1-5H3. The molecule has 0 aliphatic rings. The van der Waals surface area contributed by atoms with Crippen molar-refractivity contribution >= 4 is 15.9 Å². The van der Waals surface area contributed by atoms with Gasteiger partial charge in [0.2, 0.25) is 0 Å². The second kappa shape index (κ2) is 9.28. The minimum atomic E-state index is 0.330. The summed E-state index contributed by atoms with van der Waals surface area (Å²) in [7, 11) is 3.28. The average molecular weight is 360 g/mol. The van der Waals surface area contributed by atoms with Crippen LogP contribution < -0.4 is 14.8 Å². The smallest absolute Gasteiger partial charge is 0.174 e. The van der Waals surface area contributed by atoms with Gasteiger partial charge in [-0.1, -0.05) is 13.8 Å². The molecule has 0 fully saturated rings. The predicted octanol–water partition coefficient (Wildman–Crippen LogP) is 3.62. The Balaban J connectivity index is 2.76. The predicted molar refractivity (Wildman–Crippen MR) is 89.2 cm³/mol. The van der Waals surface area contributed by atoms with Gasteiger partial charge in [-0.3, -0.25) is 0 Å². The lowest BCUT2D eigenvalue weighted by Gasteiger charge is -2.22. The second-order valence-corrected chi connectivity index (χ2v) is 6.06. The summed E-state index contributed by atoms with van der Waals surface area (Å²) in [5.74, 6) is 1.96. The molecule has 5 heteroatoms. The molecule has 0 aliphatic carbocycles. The lowest BCUT2D eigenvalue weighted by molar-refractivity contribution is 0.108. The number of hydrogen-bond donors (Lipinski definition) is 1. The molecule has 0 aliphatic heterocycles. The number of methoxy groups -OCH3 is 2. The average Bonchev–Trinajstić information content (AvgIpc) is 2.46.